The number of hydrogen-bond donors (Lipinski definition) is 2. The van der Waals surface area contributed by atoms with Crippen LogP contribution in [0.25, 0.3) is 39.3 Å². The number of ether oxygens (including phenoxy) is 1. The molecule has 0 saturated carbocycles. The van der Waals surface area contributed by atoms with Crippen molar-refractivity contribution < 1.29 is 9.15 Å². The smallest absolute Gasteiger partial charge is 0.285 e. The Bertz CT molecular complexity index is 1500. The molecule has 0 amide bonds. The molecule has 5 aromatic rings. The van der Waals surface area contributed by atoms with Gasteiger partial charge in [0.15, 0.2) is 22.5 Å². The summed E-state index contributed by atoms with van der Waals surface area (Å²) in [5.41, 5.74) is 5.78. The molecule has 3 heterocycles. The van der Waals surface area contributed by atoms with E-state index in [4.69, 9.17) is 14.1 Å². The van der Waals surface area contributed by atoms with Crippen LogP contribution in [-0.2, 0) is 0 Å². The van der Waals surface area contributed by atoms with Crippen LogP contribution < -0.4 is 15.6 Å². The molecule has 0 aliphatic carbocycles. The van der Waals surface area contributed by atoms with E-state index in [1.165, 1.54) is 4.52 Å². The molecule has 0 unspecified atom stereocenters. The van der Waals surface area contributed by atoms with Gasteiger partial charge in [0, 0.05) is 36.1 Å². The highest BCUT2D eigenvalue weighted by molar-refractivity contribution is 5.86. The third-order valence-electron chi connectivity index (χ3n) is 5.39. The second-order valence-corrected chi connectivity index (χ2v) is 7.31. The number of methoxy groups -OCH3 is 1. The van der Waals surface area contributed by atoms with Gasteiger partial charge in [0.25, 0.3) is 5.56 Å². The maximum atomic E-state index is 13.4. The summed E-state index contributed by atoms with van der Waals surface area (Å²) in [7, 11) is 3.38. The van der Waals surface area contributed by atoms with Crippen molar-refractivity contribution in [2.24, 2.45) is 0 Å². The largest absolute Gasteiger partial charge is 0.494 e. The number of fused-ring (bicyclic) bond motifs is 2. The number of oxazole rings is 1. The van der Waals surface area contributed by atoms with E-state index in [0.717, 1.165) is 22.5 Å². The van der Waals surface area contributed by atoms with Crippen LogP contribution in [0.1, 0.15) is 11.4 Å². The number of anilines is 1. The van der Waals surface area contributed by atoms with Gasteiger partial charge in [-0.25, -0.2) is 14.5 Å². The highest BCUT2D eigenvalue weighted by atomic mass is 16.5. The molecule has 8 heteroatoms. The van der Waals surface area contributed by atoms with Crippen molar-refractivity contribution in [2.45, 2.75) is 13.8 Å². The van der Waals surface area contributed by atoms with Gasteiger partial charge in [-0.05, 0) is 19.4 Å². The number of aromatic amines is 1. The van der Waals surface area contributed by atoms with Crippen LogP contribution in [0.2, 0.25) is 0 Å². The third kappa shape index (κ3) is 2.87. The molecule has 5 rings (SSSR count). The van der Waals surface area contributed by atoms with E-state index in [2.05, 4.69) is 15.4 Å². The summed E-state index contributed by atoms with van der Waals surface area (Å²) in [4.78, 5) is 22.8. The van der Waals surface area contributed by atoms with Crippen LogP contribution in [0.15, 0.2) is 51.7 Å². The van der Waals surface area contributed by atoms with Gasteiger partial charge in [-0.1, -0.05) is 30.3 Å². The topological polar surface area (TPSA) is 97.5 Å². The minimum Gasteiger partial charge on any atom is -0.494 e. The van der Waals surface area contributed by atoms with E-state index >= 15 is 0 Å². The third-order valence-corrected chi connectivity index (χ3v) is 5.39. The van der Waals surface area contributed by atoms with Crippen LogP contribution in [0.5, 0.6) is 5.75 Å². The number of nitrogens with zero attached hydrogens (tertiary/aromatic N) is 3. The Morgan fingerprint density at radius 2 is 1.87 bits per heavy atom. The number of rotatable bonds is 4. The van der Waals surface area contributed by atoms with Crippen LogP contribution in [0.4, 0.5) is 5.69 Å². The molecule has 0 spiro atoms. The standard InChI is InChI=1S/C23H21N5O3/c1-12-19(22-26-20-16(30-4)10-15(24-3)11-17(20)31-22)23(29)28-21(25-12)18(13(2)27-28)14-8-6-5-7-9-14/h5-11,24,27H,1-4H3. The lowest BCUT2D eigenvalue weighted by atomic mass is 10.1. The molecule has 31 heavy (non-hydrogen) atoms. The minimum atomic E-state index is -0.271. The van der Waals surface area contributed by atoms with E-state index in [0.29, 0.717) is 33.8 Å². The summed E-state index contributed by atoms with van der Waals surface area (Å²) in [6.07, 6.45) is 0. The van der Waals surface area contributed by atoms with E-state index in [1.807, 2.05) is 56.4 Å². The predicted octanol–water partition coefficient (Wildman–Crippen LogP) is 4.16. The quantitative estimate of drug-likeness (QED) is 0.457. The maximum absolute atomic E-state index is 13.4. The summed E-state index contributed by atoms with van der Waals surface area (Å²) >= 11 is 0. The Kier molecular flexibility index (Phi) is 4.28. The zero-order valence-electron chi connectivity index (χ0n) is 17.6. The van der Waals surface area contributed by atoms with Crippen molar-refractivity contribution in [2.75, 3.05) is 19.5 Å². The Labute approximate surface area is 177 Å². The van der Waals surface area contributed by atoms with E-state index in [1.54, 1.807) is 14.0 Å². The van der Waals surface area contributed by atoms with Crippen LogP contribution in [0, 0.1) is 13.8 Å². The maximum Gasteiger partial charge on any atom is 0.285 e. The van der Waals surface area contributed by atoms with Gasteiger partial charge in [-0.2, -0.15) is 0 Å². The average molecular weight is 415 g/mol. The van der Waals surface area contributed by atoms with Crippen molar-refractivity contribution >= 4 is 22.4 Å². The van der Waals surface area contributed by atoms with Gasteiger partial charge in [-0.15, -0.1) is 0 Å². The molecule has 8 nitrogen and oxygen atoms in total. The summed E-state index contributed by atoms with van der Waals surface area (Å²) in [5, 5.41) is 6.21. The second-order valence-electron chi connectivity index (χ2n) is 7.31. The predicted molar refractivity (Wildman–Crippen MR) is 120 cm³/mol. The van der Waals surface area contributed by atoms with Crippen LogP contribution in [0.3, 0.4) is 0 Å². The monoisotopic (exact) mass is 415 g/mol. The molecule has 2 N–H and O–H groups in total. The SMILES string of the molecule is CNc1cc(OC)c2nc(-c3c(C)nc4c(-c5ccccc5)c(C)[nH]n4c3=O)oc2c1. The number of nitrogens with one attached hydrogen (secondary N) is 2. The molecule has 0 saturated heterocycles. The highest BCUT2D eigenvalue weighted by Gasteiger charge is 2.23. The summed E-state index contributed by atoms with van der Waals surface area (Å²) in [6, 6.07) is 13.5. The van der Waals surface area contributed by atoms with Gasteiger partial charge in [0.2, 0.25) is 5.89 Å². The number of aromatic nitrogens is 4. The fraction of sp³-hybridized carbons (Fsp3) is 0.174. The summed E-state index contributed by atoms with van der Waals surface area (Å²) in [6.45, 7) is 3.72. The first kappa shape index (κ1) is 18.9. The fourth-order valence-corrected chi connectivity index (χ4v) is 3.89. The molecule has 0 atom stereocenters. The van der Waals surface area contributed by atoms with Crippen LogP contribution in [-0.4, -0.2) is 33.7 Å². The van der Waals surface area contributed by atoms with Crippen molar-refractivity contribution in [1.82, 2.24) is 19.6 Å². The van der Waals surface area contributed by atoms with Crippen molar-refractivity contribution in [1.29, 1.82) is 0 Å². The second kappa shape index (κ2) is 7.02. The van der Waals surface area contributed by atoms with Gasteiger partial charge in [0.05, 0.1) is 12.8 Å². The highest BCUT2D eigenvalue weighted by Crippen LogP contribution is 2.33. The number of aryl methyl sites for hydroxylation is 2. The lowest BCUT2D eigenvalue weighted by Gasteiger charge is -2.04. The first-order valence-electron chi connectivity index (χ1n) is 9.86. The lowest BCUT2D eigenvalue weighted by Crippen LogP contribution is -2.19. The van der Waals surface area contributed by atoms with Gasteiger partial charge in [0.1, 0.15) is 5.56 Å². The van der Waals surface area contributed by atoms with Gasteiger partial charge < -0.3 is 14.5 Å². The molecule has 0 fully saturated rings. The number of benzene rings is 2. The van der Waals surface area contributed by atoms with E-state index < -0.39 is 0 Å². The molecule has 2 aromatic carbocycles. The molecule has 0 aliphatic heterocycles. The Morgan fingerprint density at radius 3 is 2.58 bits per heavy atom. The van der Waals surface area contributed by atoms with E-state index in [-0.39, 0.29) is 11.4 Å². The first-order chi connectivity index (χ1) is 15.0. The molecular weight excluding hydrogens is 394 g/mol. The van der Waals surface area contributed by atoms with E-state index in [9.17, 15) is 4.79 Å². The summed E-state index contributed by atoms with van der Waals surface area (Å²) < 4.78 is 12.9. The Morgan fingerprint density at radius 1 is 1.10 bits per heavy atom. The van der Waals surface area contributed by atoms with Crippen molar-refractivity contribution in [3.05, 3.63) is 64.2 Å². The molecule has 0 radical (unpaired) electrons. The van der Waals surface area contributed by atoms with Crippen molar-refractivity contribution in [3.8, 4) is 28.3 Å². The van der Waals surface area contributed by atoms with Crippen molar-refractivity contribution in [3.63, 3.8) is 0 Å². The summed E-state index contributed by atoms with van der Waals surface area (Å²) in [5.74, 6) is 0.769. The molecule has 0 aliphatic rings. The normalized spacial score (nSPS) is 11.4. The zero-order chi connectivity index (χ0) is 21.7. The zero-order valence-corrected chi connectivity index (χ0v) is 17.6. The van der Waals surface area contributed by atoms with Gasteiger partial charge in [-0.3, -0.25) is 9.89 Å². The number of hydrogen-bond acceptors (Lipinski definition) is 6. The minimum absolute atomic E-state index is 0.208. The fourth-order valence-electron chi connectivity index (χ4n) is 3.89. The molecular formula is C23H21N5O3. The number of H-pyrrole nitrogens is 1. The lowest BCUT2D eigenvalue weighted by molar-refractivity contribution is 0.419. The Hall–Kier alpha value is -4.07. The molecule has 3 aromatic heterocycles. The first-order valence-corrected chi connectivity index (χ1v) is 9.86. The Balaban J connectivity index is 1.76. The molecule has 0 bridgehead atoms. The average Bonchev–Trinajstić information content (AvgIpc) is 3.34. The van der Waals surface area contributed by atoms with Gasteiger partial charge >= 0.3 is 0 Å². The van der Waals surface area contributed by atoms with Crippen LogP contribution >= 0.6 is 0 Å². The molecule has 156 valence electrons.